The maximum Gasteiger partial charge on any atom is 0.325 e. The number of carbonyl (C=O) groups excluding carboxylic acids is 3. The van der Waals surface area contributed by atoms with Crippen molar-refractivity contribution in [2.24, 2.45) is 9.98 Å². The van der Waals surface area contributed by atoms with Crippen LogP contribution < -0.4 is 16.0 Å². The molecule has 0 spiro atoms. The van der Waals surface area contributed by atoms with Crippen molar-refractivity contribution in [2.45, 2.75) is 50.4 Å². The number of hydrogen-bond donors (Lipinski definition) is 4. The molecule has 1 saturated heterocycles. The smallest absolute Gasteiger partial charge is 0.325 e. The fourth-order valence-electron chi connectivity index (χ4n) is 2.35. The molecule has 2 aliphatic heterocycles. The Hall–Kier alpha value is -2.78. The van der Waals surface area contributed by atoms with Crippen molar-refractivity contribution in [1.29, 1.82) is 0 Å². The summed E-state index contributed by atoms with van der Waals surface area (Å²) in [4.78, 5) is 54.4. The monoisotopic (exact) mass is 337 g/mol. The Bertz CT molecular complexity index is 590. The zero-order chi connectivity index (χ0) is 17.7. The van der Waals surface area contributed by atoms with Crippen LogP contribution in [0.3, 0.4) is 0 Å². The predicted octanol–water partition coefficient (Wildman–Crippen LogP) is -1.79. The Labute approximate surface area is 137 Å². The summed E-state index contributed by atoms with van der Waals surface area (Å²) in [6, 6.07) is -3.14. The SMILES string of the molecule is C[C@H](NC(=O)[C@H](CC1C=NC=N1)NC(=O)[C@@H]1CCC(=O)N1)C(=O)O. The molecule has 0 radical (unpaired) electrons. The van der Waals surface area contributed by atoms with Crippen molar-refractivity contribution < 1.29 is 24.3 Å². The summed E-state index contributed by atoms with van der Waals surface area (Å²) in [5, 5.41) is 16.3. The van der Waals surface area contributed by atoms with Gasteiger partial charge in [-0.15, -0.1) is 0 Å². The van der Waals surface area contributed by atoms with Crippen molar-refractivity contribution in [3.05, 3.63) is 0 Å². The number of amides is 3. The van der Waals surface area contributed by atoms with Crippen LogP contribution in [0.1, 0.15) is 26.2 Å². The van der Waals surface area contributed by atoms with Crippen LogP contribution in [-0.4, -0.2) is 65.5 Å². The molecular weight excluding hydrogens is 318 g/mol. The lowest BCUT2D eigenvalue weighted by molar-refractivity contribution is -0.141. The highest BCUT2D eigenvalue weighted by atomic mass is 16.4. The molecule has 0 aromatic rings. The number of hydrogen-bond acceptors (Lipinski definition) is 6. The summed E-state index contributed by atoms with van der Waals surface area (Å²) in [5.41, 5.74) is 0. The first kappa shape index (κ1) is 17.6. The first-order valence-electron chi connectivity index (χ1n) is 7.54. The summed E-state index contributed by atoms with van der Waals surface area (Å²) in [5.74, 6) is -2.51. The second-order valence-electron chi connectivity index (χ2n) is 5.65. The average molecular weight is 337 g/mol. The van der Waals surface area contributed by atoms with Gasteiger partial charge in [0, 0.05) is 19.1 Å². The minimum atomic E-state index is -1.18. The van der Waals surface area contributed by atoms with Gasteiger partial charge in [0.2, 0.25) is 17.7 Å². The molecule has 3 amide bonds. The van der Waals surface area contributed by atoms with Gasteiger partial charge in [0.25, 0.3) is 0 Å². The molecule has 1 fully saturated rings. The summed E-state index contributed by atoms with van der Waals surface area (Å²) >= 11 is 0. The molecule has 4 atom stereocenters. The van der Waals surface area contributed by atoms with E-state index in [1.54, 1.807) is 0 Å². The largest absolute Gasteiger partial charge is 0.480 e. The number of nitrogens with zero attached hydrogens (tertiary/aromatic N) is 2. The quantitative estimate of drug-likeness (QED) is 0.433. The van der Waals surface area contributed by atoms with Crippen LogP contribution in [0.5, 0.6) is 0 Å². The minimum Gasteiger partial charge on any atom is -0.480 e. The number of nitrogens with one attached hydrogen (secondary N) is 3. The summed E-state index contributed by atoms with van der Waals surface area (Å²) in [7, 11) is 0. The van der Waals surface area contributed by atoms with Gasteiger partial charge in [0.15, 0.2) is 0 Å². The van der Waals surface area contributed by atoms with Gasteiger partial charge in [-0.25, -0.2) is 4.99 Å². The van der Waals surface area contributed by atoms with Crippen LogP contribution in [0.25, 0.3) is 0 Å². The number of rotatable bonds is 7. The van der Waals surface area contributed by atoms with Crippen molar-refractivity contribution in [1.82, 2.24) is 16.0 Å². The number of carboxylic acid groups (broad SMARTS) is 1. The fraction of sp³-hybridized carbons (Fsp3) is 0.571. The van der Waals surface area contributed by atoms with Gasteiger partial charge in [0.1, 0.15) is 24.5 Å². The average Bonchev–Trinajstić information content (AvgIpc) is 3.17. The highest BCUT2D eigenvalue weighted by Crippen LogP contribution is 2.09. The first-order valence-corrected chi connectivity index (χ1v) is 7.54. The number of carbonyl (C=O) groups is 4. The van der Waals surface area contributed by atoms with E-state index in [-0.39, 0.29) is 24.8 Å². The van der Waals surface area contributed by atoms with E-state index < -0.39 is 35.9 Å². The van der Waals surface area contributed by atoms with Crippen molar-refractivity contribution in [3.8, 4) is 0 Å². The van der Waals surface area contributed by atoms with Crippen LogP contribution in [0, 0.1) is 0 Å². The highest BCUT2D eigenvalue weighted by molar-refractivity contribution is 5.95. The Morgan fingerprint density at radius 1 is 1.42 bits per heavy atom. The summed E-state index contributed by atoms with van der Waals surface area (Å²) < 4.78 is 0. The first-order chi connectivity index (χ1) is 11.4. The van der Waals surface area contributed by atoms with Crippen LogP contribution in [0.15, 0.2) is 9.98 Å². The molecule has 0 bridgehead atoms. The molecule has 10 heteroatoms. The fourth-order valence-corrected chi connectivity index (χ4v) is 2.35. The van der Waals surface area contributed by atoms with Crippen molar-refractivity contribution in [2.75, 3.05) is 0 Å². The molecule has 2 aliphatic rings. The van der Waals surface area contributed by atoms with Crippen molar-refractivity contribution >= 4 is 36.2 Å². The predicted molar refractivity (Wildman–Crippen MR) is 83.7 cm³/mol. The second kappa shape index (κ2) is 7.66. The van der Waals surface area contributed by atoms with Crippen LogP contribution in [0.2, 0.25) is 0 Å². The maximum absolute atomic E-state index is 12.3. The van der Waals surface area contributed by atoms with Gasteiger partial charge in [-0.1, -0.05) is 0 Å². The number of aliphatic carboxylic acids is 1. The van der Waals surface area contributed by atoms with E-state index in [9.17, 15) is 19.2 Å². The topological polar surface area (TPSA) is 149 Å². The lowest BCUT2D eigenvalue weighted by Crippen LogP contribution is -2.54. The van der Waals surface area contributed by atoms with Crippen LogP contribution in [0.4, 0.5) is 0 Å². The maximum atomic E-state index is 12.3. The summed E-state index contributed by atoms with van der Waals surface area (Å²) in [6.07, 6.45) is 3.63. The molecule has 0 aromatic carbocycles. The van der Waals surface area contributed by atoms with Crippen molar-refractivity contribution in [3.63, 3.8) is 0 Å². The zero-order valence-electron chi connectivity index (χ0n) is 13.1. The molecule has 0 aromatic heterocycles. The number of carboxylic acids is 1. The highest BCUT2D eigenvalue weighted by Gasteiger charge is 2.32. The molecule has 2 rings (SSSR count). The molecule has 24 heavy (non-hydrogen) atoms. The van der Waals surface area contributed by atoms with Gasteiger partial charge in [-0.3, -0.25) is 24.2 Å². The van der Waals surface area contributed by atoms with Gasteiger partial charge < -0.3 is 21.1 Å². The van der Waals surface area contributed by atoms with E-state index in [0.717, 1.165) is 0 Å². The lowest BCUT2D eigenvalue weighted by atomic mass is 10.1. The Balaban J connectivity index is 2.01. The number of aliphatic imine (C=N–C) groups is 2. The molecule has 0 aliphatic carbocycles. The standard InChI is InChI=1S/C14H19N5O5/c1-7(14(23)24)17-13(22)10(4-8-5-15-6-16-8)19-12(21)9-2-3-11(20)18-9/h5-10H,2-4H2,1H3,(H,17,22)(H,18,20)(H,19,21)(H,23,24)/t7-,8?,9-,10-/m0/s1. The third-order valence-corrected chi connectivity index (χ3v) is 3.73. The third-order valence-electron chi connectivity index (χ3n) is 3.73. The third kappa shape index (κ3) is 4.61. The normalized spacial score (nSPS) is 24.3. The molecule has 4 N–H and O–H groups in total. The minimum absolute atomic E-state index is 0.143. The van der Waals surface area contributed by atoms with Crippen LogP contribution in [-0.2, 0) is 19.2 Å². The van der Waals surface area contributed by atoms with E-state index in [1.807, 2.05) is 0 Å². The molecule has 1 unspecified atom stereocenters. The van der Waals surface area contributed by atoms with Gasteiger partial charge in [-0.2, -0.15) is 0 Å². The molecule has 130 valence electrons. The van der Waals surface area contributed by atoms with Gasteiger partial charge in [0.05, 0.1) is 6.04 Å². The molecule has 0 saturated carbocycles. The molecule has 2 heterocycles. The zero-order valence-corrected chi connectivity index (χ0v) is 13.1. The Morgan fingerprint density at radius 2 is 2.17 bits per heavy atom. The van der Waals surface area contributed by atoms with E-state index in [1.165, 1.54) is 19.5 Å². The van der Waals surface area contributed by atoms with Gasteiger partial charge >= 0.3 is 5.97 Å². The molecule has 10 nitrogen and oxygen atoms in total. The second-order valence-corrected chi connectivity index (χ2v) is 5.65. The van der Waals surface area contributed by atoms with E-state index in [2.05, 4.69) is 25.9 Å². The van der Waals surface area contributed by atoms with E-state index >= 15 is 0 Å². The Morgan fingerprint density at radius 3 is 2.71 bits per heavy atom. The molecular formula is C14H19N5O5. The van der Waals surface area contributed by atoms with E-state index in [0.29, 0.717) is 6.42 Å². The Kier molecular flexibility index (Phi) is 5.61. The van der Waals surface area contributed by atoms with E-state index in [4.69, 9.17) is 5.11 Å². The van der Waals surface area contributed by atoms with Gasteiger partial charge in [-0.05, 0) is 13.3 Å². The summed E-state index contributed by atoms with van der Waals surface area (Å²) in [6.45, 7) is 1.32. The lowest BCUT2D eigenvalue weighted by Gasteiger charge is -2.22. The van der Waals surface area contributed by atoms with Crippen LogP contribution >= 0.6 is 0 Å².